The van der Waals surface area contributed by atoms with Crippen LogP contribution in [0.1, 0.15) is 16.1 Å². The highest BCUT2D eigenvalue weighted by Crippen LogP contribution is 2.26. The summed E-state index contributed by atoms with van der Waals surface area (Å²) in [5.41, 5.74) is 8.07. The first-order valence-electron chi connectivity index (χ1n) is 5.43. The van der Waals surface area contributed by atoms with E-state index in [9.17, 15) is 9.90 Å². The Kier molecular flexibility index (Phi) is 3.25. The van der Waals surface area contributed by atoms with E-state index in [2.05, 4.69) is 4.98 Å². The SMILES string of the molecule is NCCc1[nH]cc(-c2ccccc2)c1C(=O)O. The fourth-order valence-corrected chi connectivity index (χ4v) is 1.90. The first-order chi connectivity index (χ1) is 8.24. The van der Waals surface area contributed by atoms with Crippen LogP contribution in [-0.2, 0) is 6.42 Å². The summed E-state index contributed by atoms with van der Waals surface area (Å²) in [6.45, 7) is 0.426. The third-order valence-electron chi connectivity index (χ3n) is 2.65. The minimum Gasteiger partial charge on any atom is -0.478 e. The number of aromatic nitrogens is 1. The third kappa shape index (κ3) is 2.21. The van der Waals surface area contributed by atoms with Crippen molar-refractivity contribution in [2.24, 2.45) is 5.73 Å². The second-order valence-electron chi connectivity index (χ2n) is 3.77. The zero-order valence-corrected chi connectivity index (χ0v) is 9.31. The van der Waals surface area contributed by atoms with Crippen LogP contribution in [0.3, 0.4) is 0 Å². The van der Waals surface area contributed by atoms with E-state index in [1.807, 2.05) is 30.3 Å². The van der Waals surface area contributed by atoms with E-state index >= 15 is 0 Å². The number of hydrogen-bond acceptors (Lipinski definition) is 2. The second-order valence-corrected chi connectivity index (χ2v) is 3.77. The van der Waals surface area contributed by atoms with Crippen molar-refractivity contribution in [3.05, 3.63) is 47.8 Å². The van der Waals surface area contributed by atoms with Crippen LogP contribution in [0.2, 0.25) is 0 Å². The van der Waals surface area contributed by atoms with Crippen molar-refractivity contribution in [2.45, 2.75) is 6.42 Å². The molecule has 0 amide bonds. The highest BCUT2D eigenvalue weighted by molar-refractivity contribution is 5.97. The van der Waals surface area contributed by atoms with Gasteiger partial charge in [0.2, 0.25) is 0 Å². The molecule has 2 aromatic rings. The van der Waals surface area contributed by atoms with Crippen LogP contribution in [0.15, 0.2) is 36.5 Å². The van der Waals surface area contributed by atoms with Crippen molar-refractivity contribution in [3.8, 4) is 11.1 Å². The first kappa shape index (κ1) is 11.4. The average molecular weight is 230 g/mol. The molecule has 17 heavy (non-hydrogen) atoms. The highest BCUT2D eigenvalue weighted by atomic mass is 16.4. The van der Waals surface area contributed by atoms with Gasteiger partial charge in [0.1, 0.15) is 0 Å². The molecule has 2 rings (SSSR count). The average Bonchev–Trinajstić information content (AvgIpc) is 2.74. The predicted molar refractivity (Wildman–Crippen MR) is 65.9 cm³/mol. The van der Waals surface area contributed by atoms with Crippen LogP contribution in [0.5, 0.6) is 0 Å². The molecule has 0 aliphatic carbocycles. The Morgan fingerprint density at radius 1 is 1.29 bits per heavy atom. The maximum Gasteiger partial charge on any atom is 0.338 e. The Morgan fingerprint density at radius 3 is 2.59 bits per heavy atom. The molecule has 0 bridgehead atoms. The Balaban J connectivity index is 2.52. The molecule has 0 aliphatic heterocycles. The van der Waals surface area contributed by atoms with Crippen molar-refractivity contribution in [1.29, 1.82) is 0 Å². The number of benzene rings is 1. The molecule has 0 atom stereocenters. The summed E-state index contributed by atoms with van der Waals surface area (Å²) in [6.07, 6.45) is 2.26. The molecular formula is C13H14N2O2. The number of rotatable bonds is 4. The molecule has 0 aliphatic rings. The molecule has 4 heteroatoms. The number of aromatic amines is 1. The van der Waals surface area contributed by atoms with Crippen molar-refractivity contribution in [3.63, 3.8) is 0 Å². The molecule has 88 valence electrons. The van der Waals surface area contributed by atoms with Crippen LogP contribution in [0, 0.1) is 0 Å². The number of nitrogens with one attached hydrogen (secondary N) is 1. The standard InChI is InChI=1S/C13H14N2O2/c14-7-6-11-12(13(16)17)10(8-15-11)9-4-2-1-3-5-9/h1-5,8,15H,6-7,14H2,(H,16,17). The van der Waals surface area contributed by atoms with Crippen LogP contribution >= 0.6 is 0 Å². The largest absolute Gasteiger partial charge is 0.478 e. The van der Waals surface area contributed by atoms with Crippen LogP contribution in [-0.4, -0.2) is 22.6 Å². The first-order valence-corrected chi connectivity index (χ1v) is 5.43. The summed E-state index contributed by atoms with van der Waals surface area (Å²) < 4.78 is 0. The van der Waals surface area contributed by atoms with Gasteiger partial charge in [-0.05, 0) is 12.1 Å². The van der Waals surface area contributed by atoms with E-state index in [1.165, 1.54) is 0 Å². The van der Waals surface area contributed by atoms with E-state index in [-0.39, 0.29) is 0 Å². The van der Waals surface area contributed by atoms with Gasteiger partial charge in [0.05, 0.1) is 5.56 Å². The smallest absolute Gasteiger partial charge is 0.338 e. The molecule has 0 saturated heterocycles. The molecule has 4 nitrogen and oxygen atoms in total. The summed E-state index contributed by atoms with van der Waals surface area (Å²) in [5, 5.41) is 9.26. The van der Waals surface area contributed by atoms with Crippen molar-refractivity contribution in [2.75, 3.05) is 6.54 Å². The lowest BCUT2D eigenvalue weighted by Crippen LogP contribution is -2.08. The lowest BCUT2D eigenvalue weighted by Gasteiger charge is -2.02. The van der Waals surface area contributed by atoms with E-state index in [4.69, 9.17) is 5.73 Å². The lowest BCUT2D eigenvalue weighted by molar-refractivity contribution is 0.0697. The van der Waals surface area contributed by atoms with E-state index in [0.717, 1.165) is 5.56 Å². The van der Waals surface area contributed by atoms with Crippen molar-refractivity contribution in [1.82, 2.24) is 4.98 Å². The summed E-state index contributed by atoms with van der Waals surface area (Å²) >= 11 is 0. The van der Waals surface area contributed by atoms with E-state index < -0.39 is 5.97 Å². The molecule has 1 aromatic carbocycles. The van der Waals surface area contributed by atoms with Gasteiger partial charge in [-0.3, -0.25) is 0 Å². The minimum absolute atomic E-state index is 0.321. The summed E-state index contributed by atoms with van der Waals surface area (Å²) in [5.74, 6) is -0.923. The second kappa shape index (κ2) is 4.84. The van der Waals surface area contributed by atoms with Crippen LogP contribution in [0.4, 0.5) is 0 Å². The maximum atomic E-state index is 11.3. The van der Waals surface area contributed by atoms with Crippen molar-refractivity contribution >= 4 is 5.97 Å². The maximum absolute atomic E-state index is 11.3. The summed E-state index contributed by atoms with van der Waals surface area (Å²) in [4.78, 5) is 14.3. The predicted octanol–water partition coefficient (Wildman–Crippen LogP) is 1.88. The lowest BCUT2D eigenvalue weighted by atomic mass is 10.0. The highest BCUT2D eigenvalue weighted by Gasteiger charge is 2.18. The van der Waals surface area contributed by atoms with Gasteiger partial charge in [-0.1, -0.05) is 30.3 Å². The number of carbonyl (C=O) groups is 1. The number of carboxylic acid groups (broad SMARTS) is 1. The van der Waals surface area contributed by atoms with E-state index in [0.29, 0.717) is 29.8 Å². The zero-order valence-electron chi connectivity index (χ0n) is 9.31. The van der Waals surface area contributed by atoms with Gasteiger partial charge in [0.25, 0.3) is 0 Å². The monoisotopic (exact) mass is 230 g/mol. The molecule has 0 spiro atoms. The van der Waals surface area contributed by atoms with Gasteiger partial charge in [0.15, 0.2) is 0 Å². The summed E-state index contributed by atoms with van der Waals surface area (Å²) in [7, 11) is 0. The Morgan fingerprint density at radius 2 is 2.00 bits per heavy atom. The van der Waals surface area contributed by atoms with Gasteiger partial charge in [0, 0.05) is 23.9 Å². The quantitative estimate of drug-likeness (QED) is 0.750. The normalized spacial score (nSPS) is 10.4. The number of H-pyrrole nitrogens is 1. The fraction of sp³-hybridized carbons (Fsp3) is 0.154. The fourth-order valence-electron chi connectivity index (χ4n) is 1.90. The van der Waals surface area contributed by atoms with E-state index in [1.54, 1.807) is 6.20 Å². The topological polar surface area (TPSA) is 79.1 Å². The van der Waals surface area contributed by atoms with Gasteiger partial charge in [-0.15, -0.1) is 0 Å². The van der Waals surface area contributed by atoms with Crippen LogP contribution in [0.25, 0.3) is 11.1 Å². The zero-order chi connectivity index (χ0) is 12.3. The molecule has 0 saturated carbocycles. The van der Waals surface area contributed by atoms with Crippen molar-refractivity contribution < 1.29 is 9.90 Å². The summed E-state index contributed by atoms with van der Waals surface area (Å²) in [6, 6.07) is 9.45. The Bertz CT molecular complexity index is 517. The Hall–Kier alpha value is -2.07. The number of hydrogen-bond donors (Lipinski definition) is 3. The molecule has 0 fully saturated rings. The molecular weight excluding hydrogens is 216 g/mol. The molecule has 4 N–H and O–H groups in total. The molecule has 0 radical (unpaired) electrons. The van der Waals surface area contributed by atoms with Gasteiger partial charge in [-0.2, -0.15) is 0 Å². The van der Waals surface area contributed by atoms with Gasteiger partial charge < -0.3 is 15.8 Å². The number of aromatic carboxylic acids is 1. The molecule has 1 aromatic heterocycles. The minimum atomic E-state index is -0.923. The van der Waals surface area contributed by atoms with Gasteiger partial charge in [-0.25, -0.2) is 4.79 Å². The van der Waals surface area contributed by atoms with Gasteiger partial charge >= 0.3 is 5.97 Å². The number of nitrogens with two attached hydrogens (primary N) is 1. The number of carboxylic acids is 1. The molecule has 1 heterocycles. The molecule has 0 unspecified atom stereocenters. The van der Waals surface area contributed by atoms with Crippen LogP contribution < -0.4 is 5.73 Å². The third-order valence-corrected chi connectivity index (χ3v) is 2.65. The Labute approximate surface area is 99.1 Å².